The van der Waals surface area contributed by atoms with Crippen LogP contribution < -0.4 is 4.90 Å². The molecule has 0 spiro atoms. The summed E-state index contributed by atoms with van der Waals surface area (Å²) < 4.78 is 9.26. The number of hydrogen-bond donors (Lipinski definition) is 0. The van der Waals surface area contributed by atoms with Crippen molar-refractivity contribution in [2.75, 3.05) is 19.1 Å². The molecule has 18 heavy (non-hydrogen) atoms. The van der Waals surface area contributed by atoms with Crippen molar-refractivity contribution in [2.45, 2.75) is 20.1 Å². The molecule has 0 N–H and O–H groups in total. The van der Waals surface area contributed by atoms with Gasteiger partial charge in [-0.25, -0.2) is 4.98 Å². The molecule has 0 saturated heterocycles. The number of hydrogen-bond acceptors (Lipinski definition) is 5. The van der Waals surface area contributed by atoms with Crippen LogP contribution >= 0.6 is 11.5 Å². The lowest BCUT2D eigenvalue weighted by molar-refractivity contribution is 0.179. The van der Waals surface area contributed by atoms with Gasteiger partial charge < -0.3 is 9.64 Å². The number of anilines is 1. The van der Waals surface area contributed by atoms with Crippen LogP contribution in [0.2, 0.25) is 0 Å². The average Bonchev–Trinajstić information content (AvgIpc) is 2.81. The molecule has 0 aliphatic carbocycles. The standard InChI is InChI=1S/C13H17N3OS/c1-10-4-6-11(7-5-10)8-16(2)13-14-12(9-17-3)15-18-13/h4-7H,8-9H2,1-3H3. The summed E-state index contributed by atoms with van der Waals surface area (Å²) in [5, 5.41) is 0.919. The smallest absolute Gasteiger partial charge is 0.205 e. The van der Waals surface area contributed by atoms with Crippen molar-refractivity contribution in [3.63, 3.8) is 0 Å². The third-order valence-electron chi connectivity index (χ3n) is 2.60. The number of benzene rings is 1. The second-order valence-corrected chi connectivity index (χ2v) is 5.00. The average molecular weight is 263 g/mol. The van der Waals surface area contributed by atoms with Gasteiger partial charge in [0.25, 0.3) is 0 Å². The molecule has 96 valence electrons. The molecule has 0 radical (unpaired) electrons. The quantitative estimate of drug-likeness (QED) is 0.831. The summed E-state index contributed by atoms with van der Waals surface area (Å²) in [4.78, 5) is 6.52. The van der Waals surface area contributed by atoms with Crippen molar-refractivity contribution in [1.29, 1.82) is 0 Å². The molecule has 0 aliphatic heterocycles. The first-order chi connectivity index (χ1) is 8.69. The Morgan fingerprint density at radius 3 is 2.67 bits per heavy atom. The van der Waals surface area contributed by atoms with Crippen LogP contribution in [-0.2, 0) is 17.9 Å². The molecule has 0 unspecified atom stereocenters. The number of rotatable bonds is 5. The summed E-state index contributed by atoms with van der Waals surface area (Å²) in [6, 6.07) is 8.53. The van der Waals surface area contributed by atoms with Gasteiger partial charge in [-0.1, -0.05) is 29.8 Å². The predicted octanol–water partition coefficient (Wildman–Crippen LogP) is 2.63. The van der Waals surface area contributed by atoms with Crippen LogP contribution in [0.4, 0.5) is 5.13 Å². The Balaban J connectivity index is 2.02. The maximum Gasteiger partial charge on any atom is 0.205 e. The van der Waals surface area contributed by atoms with Crippen LogP contribution in [0.5, 0.6) is 0 Å². The Kier molecular flexibility index (Phi) is 4.28. The van der Waals surface area contributed by atoms with E-state index in [-0.39, 0.29) is 0 Å². The van der Waals surface area contributed by atoms with E-state index < -0.39 is 0 Å². The fourth-order valence-electron chi connectivity index (χ4n) is 1.62. The minimum absolute atomic E-state index is 0.467. The Morgan fingerprint density at radius 1 is 1.28 bits per heavy atom. The van der Waals surface area contributed by atoms with E-state index in [0.717, 1.165) is 17.5 Å². The zero-order chi connectivity index (χ0) is 13.0. The van der Waals surface area contributed by atoms with E-state index in [2.05, 4.69) is 45.4 Å². The minimum atomic E-state index is 0.467. The molecule has 0 aliphatic rings. The lowest BCUT2D eigenvalue weighted by Crippen LogP contribution is -2.16. The zero-order valence-corrected chi connectivity index (χ0v) is 11.7. The molecular formula is C13H17N3OS. The van der Waals surface area contributed by atoms with Gasteiger partial charge in [0.05, 0.1) is 0 Å². The first-order valence-electron chi connectivity index (χ1n) is 5.77. The molecule has 1 aromatic carbocycles. The second-order valence-electron chi connectivity index (χ2n) is 4.27. The van der Waals surface area contributed by atoms with Crippen molar-refractivity contribution in [3.05, 3.63) is 41.2 Å². The summed E-state index contributed by atoms with van der Waals surface area (Å²) in [5.41, 5.74) is 2.55. The third-order valence-corrected chi connectivity index (χ3v) is 3.47. The number of aromatic nitrogens is 2. The van der Waals surface area contributed by atoms with E-state index in [1.165, 1.54) is 22.7 Å². The first kappa shape index (κ1) is 13.0. The molecule has 1 heterocycles. The van der Waals surface area contributed by atoms with Gasteiger partial charge in [-0.05, 0) is 12.5 Å². The summed E-state index contributed by atoms with van der Waals surface area (Å²) in [7, 11) is 3.67. The highest BCUT2D eigenvalue weighted by Crippen LogP contribution is 2.18. The molecule has 5 heteroatoms. The van der Waals surface area contributed by atoms with E-state index in [1.54, 1.807) is 7.11 Å². The van der Waals surface area contributed by atoms with E-state index in [1.807, 2.05) is 7.05 Å². The monoisotopic (exact) mass is 263 g/mol. The number of nitrogens with zero attached hydrogens (tertiary/aromatic N) is 3. The maximum atomic E-state index is 5.02. The van der Waals surface area contributed by atoms with Crippen molar-refractivity contribution in [1.82, 2.24) is 9.36 Å². The van der Waals surface area contributed by atoms with Crippen LogP contribution in [-0.4, -0.2) is 23.5 Å². The van der Waals surface area contributed by atoms with E-state index in [0.29, 0.717) is 6.61 Å². The molecule has 2 aromatic rings. The molecule has 0 fully saturated rings. The predicted molar refractivity (Wildman–Crippen MR) is 73.9 cm³/mol. The maximum absolute atomic E-state index is 5.02. The molecule has 0 saturated carbocycles. The number of aryl methyl sites for hydroxylation is 1. The van der Waals surface area contributed by atoms with Crippen molar-refractivity contribution in [2.24, 2.45) is 0 Å². The molecule has 0 atom stereocenters. The molecule has 1 aromatic heterocycles. The van der Waals surface area contributed by atoms with E-state index >= 15 is 0 Å². The van der Waals surface area contributed by atoms with Crippen LogP contribution in [0.25, 0.3) is 0 Å². The van der Waals surface area contributed by atoms with Gasteiger partial charge >= 0.3 is 0 Å². The Bertz CT molecular complexity index is 495. The molecular weight excluding hydrogens is 246 g/mol. The Morgan fingerprint density at radius 2 is 2.00 bits per heavy atom. The highest BCUT2D eigenvalue weighted by atomic mass is 32.1. The van der Waals surface area contributed by atoms with Crippen molar-refractivity contribution >= 4 is 16.7 Å². The van der Waals surface area contributed by atoms with Crippen LogP contribution in [0.1, 0.15) is 17.0 Å². The number of methoxy groups -OCH3 is 1. The fraction of sp³-hybridized carbons (Fsp3) is 0.385. The van der Waals surface area contributed by atoms with Crippen LogP contribution in [0.3, 0.4) is 0 Å². The Labute approximate surface area is 111 Å². The van der Waals surface area contributed by atoms with E-state index in [9.17, 15) is 0 Å². The third kappa shape index (κ3) is 3.27. The zero-order valence-electron chi connectivity index (χ0n) is 10.9. The highest BCUT2D eigenvalue weighted by molar-refractivity contribution is 7.09. The van der Waals surface area contributed by atoms with Crippen molar-refractivity contribution < 1.29 is 4.74 Å². The van der Waals surface area contributed by atoms with E-state index in [4.69, 9.17) is 4.74 Å². The summed E-state index contributed by atoms with van der Waals surface area (Å²) >= 11 is 1.40. The summed E-state index contributed by atoms with van der Waals surface area (Å²) in [6.45, 7) is 3.39. The second kappa shape index (κ2) is 5.93. The van der Waals surface area contributed by atoms with Crippen LogP contribution in [0, 0.1) is 6.92 Å². The molecule has 2 rings (SSSR count). The molecule has 0 amide bonds. The van der Waals surface area contributed by atoms with Gasteiger partial charge in [0, 0.05) is 32.2 Å². The molecule has 0 bridgehead atoms. The lowest BCUT2D eigenvalue weighted by atomic mass is 10.1. The normalized spacial score (nSPS) is 10.6. The van der Waals surface area contributed by atoms with Gasteiger partial charge in [-0.15, -0.1) is 0 Å². The van der Waals surface area contributed by atoms with Crippen LogP contribution in [0.15, 0.2) is 24.3 Å². The lowest BCUT2D eigenvalue weighted by Gasteiger charge is -2.15. The SMILES string of the molecule is COCc1nsc(N(C)Cc2ccc(C)cc2)n1. The highest BCUT2D eigenvalue weighted by Gasteiger charge is 2.08. The fourth-order valence-corrected chi connectivity index (χ4v) is 2.25. The number of ether oxygens (including phenoxy) is 1. The largest absolute Gasteiger partial charge is 0.377 e. The minimum Gasteiger partial charge on any atom is -0.377 e. The topological polar surface area (TPSA) is 38.2 Å². The molecule has 4 nitrogen and oxygen atoms in total. The summed E-state index contributed by atoms with van der Waals surface area (Å²) in [5.74, 6) is 0.744. The van der Waals surface area contributed by atoms with Gasteiger partial charge in [0.2, 0.25) is 5.13 Å². The summed E-state index contributed by atoms with van der Waals surface area (Å²) in [6.07, 6.45) is 0. The van der Waals surface area contributed by atoms with Gasteiger partial charge in [0.15, 0.2) is 5.82 Å². The van der Waals surface area contributed by atoms with Gasteiger partial charge in [0.1, 0.15) is 6.61 Å². The van der Waals surface area contributed by atoms with Crippen molar-refractivity contribution in [3.8, 4) is 0 Å². The Hall–Kier alpha value is -1.46. The van der Waals surface area contributed by atoms with Gasteiger partial charge in [-0.3, -0.25) is 0 Å². The van der Waals surface area contributed by atoms with Gasteiger partial charge in [-0.2, -0.15) is 4.37 Å². The first-order valence-corrected chi connectivity index (χ1v) is 6.54.